The molecular weight excluding hydrogens is 436 g/mol. The third-order valence-electron chi connectivity index (χ3n) is 5.39. The van der Waals surface area contributed by atoms with Crippen LogP contribution in [0.25, 0.3) is 11.5 Å². The molecule has 1 aliphatic rings. The van der Waals surface area contributed by atoms with Gasteiger partial charge in [-0.1, -0.05) is 18.2 Å². The molecule has 1 atom stereocenters. The fraction of sp³-hybridized carbons (Fsp3) is 0.120. The maximum atomic E-state index is 12.9. The molecule has 2 aromatic carbocycles. The number of nitrogens with zero attached hydrogens (tertiary/aromatic N) is 4. The first-order valence-electron chi connectivity index (χ1n) is 10.5. The third kappa shape index (κ3) is 3.95. The monoisotopic (exact) mass is 454 g/mol. The molecule has 0 unspecified atom stereocenters. The molecule has 0 radical (unpaired) electrons. The van der Waals surface area contributed by atoms with Crippen LogP contribution in [-0.2, 0) is 11.3 Å². The summed E-state index contributed by atoms with van der Waals surface area (Å²) in [6.07, 6.45) is 2.37. The molecule has 9 heteroatoms. The number of ether oxygens (including phenoxy) is 1. The molecule has 1 aliphatic heterocycles. The molecule has 0 fully saturated rings. The van der Waals surface area contributed by atoms with Gasteiger partial charge in [0.1, 0.15) is 0 Å². The van der Waals surface area contributed by atoms with Crippen molar-refractivity contribution in [2.75, 3.05) is 0 Å². The lowest BCUT2D eigenvalue weighted by atomic mass is 10.1. The van der Waals surface area contributed by atoms with Crippen LogP contribution in [0.5, 0.6) is 0 Å². The van der Waals surface area contributed by atoms with Crippen molar-refractivity contribution in [2.45, 2.75) is 19.6 Å². The summed E-state index contributed by atoms with van der Waals surface area (Å²) in [4.78, 5) is 43.4. The molecule has 168 valence electrons. The fourth-order valence-corrected chi connectivity index (χ4v) is 3.61. The number of carbonyl (C=O) groups excluding carboxylic acids is 3. The lowest BCUT2D eigenvalue weighted by Gasteiger charge is -2.13. The Morgan fingerprint density at radius 2 is 1.71 bits per heavy atom. The Labute approximate surface area is 194 Å². The highest BCUT2D eigenvalue weighted by Crippen LogP contribution is 2.27. The van der Waals surface area contributed by atoms with E-state index in [-0.39, 0.29) is 29.1 Å². The van der Waals surface area contributed by atoms with Gasteiger partial charge in [0.05, 0.1) is 23.2 Å². The standard InChI is InChI=1S/C25H18N4O5/c1-15(21-27-28-22(34-21)17-5-3-2-4-6-17)33-25(32)18-7-8-19-20(13-18)24(31)29(23(19)30)14-16-9-11-26-12-10-16/h2-13,15H,14H2,1H3/t15-/m1/s1. The Balaban J connectivity index is 1.30. The van der Waals surface area contributed by atoms with Crippen LogP contribution in [0, 0.1) is 0 Å². The molecule has 2 amide bonds. The summed E-state index contributed by atoms with van der Waals surface area (Å²) in [5.74, 6) is -1.10. The zero-order valence-electron chi connectivity index (χ0n) is 18.0. The van der Waals surface area contributed by atoms with Gasteiger partial charge in [0.15, 0.2) is 6.10 Å². The molecule has 0 saturated heterocycles. The zero-order chi connectivity index (χ0) is 23.7. The number of amides is 2. The summed E-state index contributed by atoms with van der Waals surface area (Å²) < 4.78 is 11.1. The first-order valence-corrected chi connectivity index (χ1v) is 10.5. The van der Waals surface area contributed by atoms with Gasteiger partial charge < -0.3 is 9.15 Å². The van der Waals surface area contributed by atoms with Gasteiger partial charge in [-0.05, 0) is 55.0 Å². The highest BCUT2D eigenvalue weighted by Gasteiger charge is 2.36. The van der Waals surface area contributed by atoms with Crippen molar-refractivity contribution < 1.29 is 23.5 Å². The maximum absolute atomic E-state index is 12.9. The van der Waals surface area contributed by atoms with Crippen LogP contribution >= 0.6 is 0 Å². The first kappa shape index (κ1) is 21.2. The number of esters is 1. The Hall–Kier alpha value is -4.66. The summed E-state index contributed by atoms with van der Waals surface area (Å²) in [5, 5.41) is 7.96. The minimum atomic E-state index is -0.814. The highest BCUT2D eigenvalue weighted by atomic mass is 16.6. The largest absolute Gasteiger partial charge is 0.449 e. The Morgan fingerprint density at radius 1 is 0.971 bits per heavy atom. The molecule has 3 heterocycles. The Morgan fingerprint density at radius 3 is 2.47 bits per heavy atom. The molecule has 34 heavy (non-hydrogen) atoms. The van der Waals surface area contributed by atoms with E-state index in [9.17, 15) is 14.4 Å². The number of hydrogen-bond acceptors (Lipinski definition) is 8. The maximum Gasteiger partial charge on any atom is 0.338 e. The van der Waals surface area contributed by atoms with E-state index >= 15 is 0 Å². The van der Waals surface area contributed by atoms with Crippen molar-refractivity contribution in [1.29, 1.82) is 0 Å². The summed E-state index contributed by atoms with van der Waals surface area (Å²) in [6, 6.07) is 17.0. The number of aromatic nitrogens is 3. The minimum absolute atomic E-state index is 0.118. The second kappa shape index (κ2) is 8.70. The second-order valence-corrected chi connectivity index (χ2v) is 7.67. The van der Waals surface area contributed by atoms with Crippen LogP contribution in [0.3, 0.4) is 0 Å². The van der Waals surface area contributed by atoms with Crippen LogP contribution in [0.1, 0.15) is 55.6 Å². The topological polar surface area (TPSA) is 115 Å². The molecule has 0 spiro atoms. The lowest BCUT2D eigenvalue weighted by Crippen LogP contribution is -2.29. The minimum Gasteiger partial charge on any atom is -0.449 e. The number of benzene rings is 2. The number of fused-ring (bicyclic) bond motifs is 1. The fourth-order valence-electron chi connectivity index (χ4n) is 3.61. The Bertz CT molecular complexity index is 1380. The number of imide groups is 1. The normalized spacial score (nSPS) is 13.6. The summed E-state index contributed by atoms with van der Waals surface area (Å²) in [5.41, 5.74) is 2.06. The van der Waals surface area contributed by atoms with E-state index in [4.69, 9.17) is 9.15 Å². The average molecular weight is 454 g/mol. The van der Waals surface area contributed by atoms with E-state index in [0.717, 1.165) is 16.0 Å². The molecule has 2 aromatic heterocycles. The summed E-state index contributed by atoms with van der Waals surface area (Å²) >= 11 is 0. The molecule has 0 N–H and O–H groups in total. The number of pyridine rings is 1. The molecule has 5 rings (SSSR count). The molecule has 0 aliphatic carbocycles. The van der Waals surface area contributed by atoms with Crippen LogP contribution in [0.4, 0.5) is 0 Å². The third-order valence-corrected chi connectivity index (χ3v) is 5.39. The number of carbonyl (C=O) groups is 3. The van der Waals surface area contributed by atoms with Gasteiger partial charge in [-0.2, -0.15) is 0 Å². The van der Waals surface area contributed by atoms with Crippen molar-refractivity contribution in [2.24, 2.45) is 0 Å². The molecule has 4 aromatic rings. The molecule has 0 saturated carbocycles. The van der Waals surface area contributed by atoms with Gasteiger partial charge in [-0.3, -0.25) is 19.5 Å². The van der Waals surface area contributed by atoms with Crippen molar-refractivity contribution in [3.8, 4) is 11.5 Å². The first-order chi connectivity index (χ1) is 16.5. The van der Waals surface area contributed by atoms with Crippen LogP contribution in [0.2, 0.25) is 0 Å². The summed E-state index contributed by atoms with van der Waals surface area (Å²) in [7, 11) is 0. The number of rotatable bonds is 6. The van der Waals surface area contributed by atoms with Crippen LogP contribution < -0.4 is 0 Å². The van der Waals surface area contributed by atoms with Crippen molar-refractivity contribution in [3.63, 3.8) is 0 Å². The molecular formula is C25H18N4O5. The predicted octanol–water partition coefficient (Wildman–Crippen LogP) is 3.85. The second-order valence-electron chi connectivity index (χ2n) is 7.67. The average Bonchev–Trinajstić information content (AvgIpc) is 3.45. The smallest absolute Gasteiger partial charge is 0.338 e. The van der Waals surface area contributed by atoms with Crippen LogP contribution in [0.15, 0.2) is 77.5 Å². The SMILES string of the molecule is C[C@@H](OC(=O)c1ccc2c(c1)C(=O)N(Cc1ccncc1)C2=O)c1nnc(-c2ccccc2)o1. The van der Waals surface area contributed by atoms with Crippen molar-refractivity contribution in [1.82, 2.24) is 20.1 Å². The number of hydrogen-bond donors (Lipinski definition) is 0. The van der Waals surface area contributed by atoms with Crippen LogP contribution in [-0.4, -0.2) is 37.9 Å². The van der Waals surface area contributed by atoms with Gasteiger partial charge in [0, 0.05) is 18.0 Å². The van der Waals surface area contributed by atoms with E-state index in [0.29, 0.717) is 5.89 Å². The zero-order valence-corrected chi connectivity index (χ0v) is 18.0. The van der Waals surface area contributed by atoms with Gasteiger partial charge in [-0.25, -0.2) is 4.79 Å². The highest BCUT2D eigenvalue weighted by molar-refractivity contribution is 6.21. The Kier molecular flexibility index (Phi) is 5.43. The van der Waals surface area contributed by atoms with Crippen molar-refractivity contribution in [3.05, 3.63) is 101 Å². The molecule has 0 bridgehead atoms. The van der Waals surface area contributed by atoms with Gasteiger partial charge in [-0.15, -0.1) is 10.2 Å². The van der Waals surface area contributed by atoms with E-state index in [1.54, 1.807) is 31.5 Å². The van der Waals surface area contributed by atoms with E-state index in [1.165, 1.54) is 18.2 Å². The van der Waals surface area contributed by atoms with Crippen molar-refractivity contribution >= 4 is 17.8 Å². The predicted molar refractivity (Wildman–Crippen MR) is 118 cm³/mol. The summed E-state index contributed by atoms with van der Waals surface area (Å²) in [6.45, 7) is 1.73. The van der Waals surface area contributed by atoms with Gasteiger partial charge >= 0.3 is 5.97 Å². The van der Waals surface area contributed by atoms with Gasteiger partial charge in [0.2, 0.25) is 5.89 Å². The molecule has 9 nitrogen and oxygen atoms in total. The quantitative estimate of drug-likeness (QED) is 0.319. The van der Waals surface area contributed by atoms with E-state index < -0.39 is 23.9 Å². The van der Waals surface area contributed by atoms with E-state index in [1.807, 2.05) is 30.3 Å². The van der Waals surface area contributed by atoms with Gasteiger partial charge in [0.25, 0.3) is 17.7 Å². The lowest BCUT2D eigenvalue weighted by molar-refractivity contribution is 0.0279. The van der Waals surface area contributed by atoms with E-state index in [2.05, 4.69) is 15.2 Å².